The number of oxime groups is 1. The third kappa shape index (κ3) is 3.07. The first-order valence-electron chi connectivity index (χ1n) is 6.27. The molecule has 5 nitrogen and oxygen atoms in total. The predicted molar refractivity (Wildman–Crippen MR) is 81.2 cm³/mol. The number of nitrogens with zero attached hydrogens (tertiary/aromatic N) is 1. The van der Waals surface area contributed by atoms with Crippen molar-refractivity contribution in [2.45, 2.75) is 25.3 Å². The highest BCUT2D eigenvalue weighted by atomic mass is 79.9. The van der Waals surface area contributed by atoms with Gasteiger partial charge in [-0.1, -0.05) is 29.2 Å². The van der Waals surface area contributed by atoms with Crippen molar-refractivity contribution >= 4 is 39.3 Å². The van der Waals surface area contributed by atoms with Crippen LogP contribution in [0, 0.1) is 5.92 Å². The number of nitrogens with one attached hydrogen (secondary N) is 1. The lowest BCUT2D eigenvalue weighted by atomic mass is 10.0. The van der Waals surface area contributed by atoms with Gasteiger partial charge in [-0.3, -0.25) is 4.79 Å². The Hall–Kier alpha value is -1.27. The van der Waals surface area contributed by atoms with E-state index in [1.807, 2.05) is 0 Å². The Kier molecular flexibility index (Phi) is 4.88. The molecular weight excluding hydrogens is 346 g/mol. The molecule has 2 rings (SSSR count). The third-order valence-corrected chi connectivity index (χ3v) is 4.82. The van der Waals surface area contributed by atoms with Crippen molar-refractivity contribution in [3.63, 3.8) is 0 Å². The standard InChI is InChI=1S/C13H15BrClN3O2/c14-9-5-1-4-8(11(9)15)13(19)17-10-6-2-3-7(10)12(16)18-20/h1,4-5,7,10,20H,2-3,6H2,(H2,16,18)(H,17,19). The number of amidine groups is 1. The molecule has 1 amide bonds. The minimum absolute atomic E-state index is 0.130. The molecule has 1 fully saturated rings. The normalized spacial score (nSPS) is 22.8. The number of nitrogens with two attached hydrogens (primary N) is 1. The average Bonchev–Trinajstić information content (AvgIpc) is 2.89. The summed E-state index contributed by atoms with van der Waals surface area (Å²) in [4.78, 5) is 12.3. The van der Waals surface area contributed by atoms with E-state index < -0.39 is 0 Å². The number of carbonyl (C=O) groups is 1. The van der Waals surface area contributed by atoms with Crippen LogP contribution in [0.15, 0.2) is 27.8 Å². The lowest BCUT2D eigenvalue weighted by molar-refractivity contribution is 0.0933. The first kappa shape index (κ1) is 15.1. The Balaban J connectivity index is 2.13. The van der Waals surface area contributed by atoms with Gasteiger partial charge in [0.2, 0.25) is 0 Å². The maximum absolute atomic E-state index is 12.3. The highest BCUT2D eigenvalue weighted by Crippen LogP contribution is 2.28. The van der Waals surface area contributed by atoms with Crippen LogP contribution in [0.1, 0.15) is 29.6 Å². The van der Waals surface area contributed by atoms with E-state index in [4.69, 9.17) is 22.5 Å². The maximum atomic E-state index is 12.3. The Labute approximate surface area is 130 Å². The molecule has 0 spiro atoms. The van der Waals surface area contributed by atoms with E-state index in [0.717, 1.165) is 19.3 Å². The zero-order valence-corrected chi connectivity index (χ0v) is 13.0. The molecule has 7 heteroatoms. The fourth-order valence-corrected chi connectivity index (χ4v) is 3.06. The van der Waals surface area contributed by atoms with Gasteiger partial charge in [-0.2, -0.15) is 0 Å². The number of benzene rings is 1. The van der Waals surface area contributed by atoms with Gasteiger partial charge in [0, 0.05) is 16.4 Å². The van der Waals surface area contributed by atoms with Crippen LogP contribution in [0.5, 0.6) is 0 Å². The summed E-state index contributed by atoms with van der Waals surface area (Å²) in [6, 6.07) is 5.05. The number of amides is 1. The number of rotatable bonds is 3. The predicted octanol–water partition coefficient (Wildman–Crippen LogP) is 2.75. The van der Waals surface area contributed by atoms with Crippen LogP contribution < -0.4 is 11.1 Å². The van der Waals surface area contributed by atoms with Gasteiger partial charge in [0.25, 0.3) is 5.91 Å². The SMILES string of the molecule is N/C(=N/O)C1CCCC1NC(=O)c1cccc(Br)c1Cl. The van der Waals surface area contributed by atoms with Crippen molar-refractivity contribution in [3.05, 3.63) is 33.3 Å². The van der Waals surface area contributed by atoms with E-state index in [0.29, 0.717) is 15.1 Å². The second-order valence-electron chi connectivity index (χ2n) is 4.74. The molecule has 0 aromatic heterocycles. The van der Waals surface area contributed by atoms with Crippen LogP contribution in [-0.2, 0) is 0 Å². The number of hydrogen-bond acceptors (Lipinski definition) is 3. The van der Waals surface area contributed by atoms with E-state index in [1.54, 1.807) is 18.2 Å². The van der Waals surface area contributed by atoms with Crippen molar-refractivity contribution in [2.75, 3.05) is 0 Å². The zero-order valence-electron chi connectivity index (χ0n) is 10.6. The Morgan fingerprint density at radius 2 is 2.25 bits per heavy atom. The number of carbonyl (C=O) groups excluding carboxylic acids is 1. The van der Waals surface area contributed by atoms with E-state index >= 15 is 0 Å². The minimum atomic E-state index is -0.251. The van der Waals surface area contributed by atoms with Gasteiger partial charge in [0.05, 0.1) is 10.6 Å². The molecule has 2 atom stereocenters. The highest BCUT2D eigenvalue weighted by Gasteiger charge is 2.32. The van der Waals surface area contributed by atoms with Crippen LogP contribution >= 0.6 is 27.5 Å². The fourth-order valence-electron chi connectivity index (χ4n) is 2.49. The van der Waals surface area contributed by atoms with Gasteiger partial charge < -0.3 is 16.3 Å². The van der Waals surface area contributed by atoms with Gasteiger partial charge in [-0.15, -0.1) is 0 Å². The Bertz CT molecular complexity index is 550. The van der Waals surface area contributed by atoms with E-state index in [-0.39, 0.29) is 23.7 Å². The molecular formula is C13H15BrClN3O2. The second kappa shape index (κ2) is 6.45. The maximum Gasteiger partial charge on any atom is 0.253 e. The quantitative estimate of drug-likeness (QED) is 0.335. The van der Waals surface area contributed by atoms with Gasteiger partial charge in [-0.25, -0.2) is 0 Å². The molecule has 1 saturated carbocycles. The van der Waals surface area contributed by atoms with Crippen molar-refractivity contribution in [2.24, 2.45) is 16.8 Å². The van der Waals surface area contributed by atoms with Crippen LogP contribution in [0.4, 0.5) is 0 Å². The van der Waals surface area contributed by atoms with Crippen molar-refractivity contribution in [1.82, 2.24) is 5.32 Å². The molecule has 0 saturated heterocycles. The molecule has 1 aliphatic rings. The topological polar surface area (TPSA) is 87.7 Å². The molecule has 20 heavy (non-hydrogen) atoms. The van der Waals surface area contributed by atoms with E-state index in [1.165, 1.54) is 0 Å². The average molecular weight is 361 g/mol. The number of hydrogen-bond donors (Lipinski definition) is 3. The van der Waals surface area contributed by atoms with Crippen LogP contribution in [0.25, 0.3) is 0 Å². The summed E-state index contributed by atoms with van der Waals surface area (Å²) in [5.41, 5.74) is 6.06. The molecule has 1 aromatic rings. The smallest absolute Gasteiger partial charge is 0.253 e. The minimum Gasteiger partial charge on any atom is -0.409 e. The van der Waals surface area contributed by atoms with Crippen molar-refractivity contribution in [1.29, 1.82) is 0 Å². The lowest BCUT2D eigenvalue weighted by Gasteiger charge is -2.20. The second-order valence-corrected chi connectivity index (χ2v) is 5.98. The molecule has 1 aromatic carbocycles. The van der Waals surface area contributed by atoms with Gasteiger partial charge in [-0.05, 0) is 40.9 Å². The van der Waals surface area contributed by atoms with Gasteiger partial charge >= 0.3 is 0 Å². The fraction of sp³-hybridized carbons (Fsp3) is 0.385. The van der Waals surface area contributed by atoms with Crippen LogP contribution in [0.2, 0.25) is 5.02 Å². The summed E-state index contributed by atoms with van der Waals surface area (Å²) in [5, 5.41) is 15.1. The first-order valence-corrected chi connectivity index (χ1v) is 7.44. The highest BCUT2D eigenvalue weighted by molar-refractivity contribution is 9.10. The number of halogens is 2. The van der Waals surface area contributed by atoms with Gasteiger partial charge in [0.15, 0.2) is 0 Å². The molecule has 0 bridgehead atoms. The largest absolute Gasteiger partial charge is 0.409 e. The summed E-state index contributed by atoms with van der Waals surface area (Å²) in [7, 11) is 0. The van der Waals surface area contributed by atoms with E-state index in [2.05, 4.69) is 26.4 Å². The molecule has 108 valence electrons. The zero-order chi connectivity index (χ0) is 14.7. The van der Waals surface area contributed by atoms with Crippen LogP contribution in [0.3, 0.4) is 0 Å². The molecule has 0 aliphatic heterocycles. The third-order valence-electron chi connectivity index (χ3n) is 3.52. The summed E-state index contributed by atoms with van der Waals surface area (Å²) >= 11 is 9.39. The molecule has 0 heterocycles. The summed E-state index contributed by atoms with van der Waals surface area (Å²) in [6.45, 7) is 0. The summed E-state index contributed by atoms with van der Waals surface area (Å²) in [6.07, 6.45) is 2.53. The van der Waals surface area contributed by atoms with Crippen LogP contribution in [-0.4, -0.2) is 23.0 Å². The van der Waals surface area contributed by atoms with Crippen molar-refractivity contribution in [3.8, 4) is 0 Å². The molecule has 1 aliphatic carbocycles. The first-order chi connectivity index (χ1) is 9.54. The Morgan fingerprint density at radius 1 is 1.50 bits per heavy atom. The lowest BCUT2D eigenvalue weighted by Crippen LogP contribution is -2.42. The van der Waals surface area contributed by atoms with Gasteiger partial charge in [0.1, 0.15) is 5.84 Å². The van der Waals surface area contributed by atoms with E-state index in [9.17, 15) is 4.79 Å². The monoisotopic (exact) mass is 359 g/mol. The Morgan fingerprint density at radius 3 is 2.95 bits per heavy atom. The summed E-state index contributed by atoms with van der Waals surface area (Å²) in [5.74, 6) is -0.220. The molecule has 2 unspecified atom stereocenters. The summed E-state index contributed by atoms with van der Waals surface area (Å²) < 4.78 is 0.672. The van der Waals surface area contributed by atoms with Crippen molar-refractivity contribution < 1.29 is 10.0 Å². The molecule has 0 radical (unpaired) electrons. The molecule has 4 N–H and O–H groups in total.